The van der Waals surface area contributed by atoms with Gasteiger partial charge in [0, 0.05) is 12.0 Å². The minimum Gasteiger partial charge on any atom is -0.506 e. The van der Waals surface area contributed by atoms with E-state index in [0.29, 0.717) is 5.56 Å². The SMILES string of the molecule is O=C(O)CCC(=O)c1ccc(O)c(Cl)c1. The number of carbonyl (C=O) groups excluding carboxylic acids is 1. The lowest BCUT2D eigenvalue weighted by Crippen LogP contribution is -2.03. The van der Waals surface area contributed by atoms with Crippen molar-refractivity contribution in [2.24, 2.45) is 0 Å². The molecule has 0 saturated heterocycles. The first kappa shape index (κ1) is 11.5. The van der Waals surface area contributed by atoms with Crippen LogP contribution in [0.15, 0.2) is 18.2 Å². The first-order valence-corrected chi connectivity index (χ1v) is 4.62. The number of carboxylic acid groups (broad SMARTS) is 1. The molecular formula is C10H9ClO4. The number of benzene rings is 1. The number of carbonyl (C=O) groups is 2. The topological polar surface area (TPSA) is 74.6 Å². The maximum atomic E-state index is 11.4. The van der Waals surface area contributed by atoms with E-state index in [1.807, 2.05) is 0 Å². The predicted octanol–water partition coefficient (Wildman–Crippen LogP) is 2.09. The minimum atomic E-state index is -1.02. The second kappa shape index (κ2) is 4.79. The molecule has 0 amide bonds. The summed E-state index contributed by atoms with van der Waals surface area (Å²) >= 11 is 5.60. The summed E-state index contributed by atoms with van der Waals surface area (Å²) in [5, 5.41) is 17.6. The summed E-state index contributed by atoms with van der Waals surface area (Å²) in [5.74, 6) is -1.43. The van der Waals surface area contributed by atoms with Gasteiger partial charge in [-0.25, -0.2) is 0 Å². The summed E-state index contributed by atoms with van der Waals surface area (Å²) in [5.41, 5.74) is 0.305. The normalized spacial score (nSPS) is 9.93. The van der Waals surface area contributed by atoms with Crippen LogP contribution in [0.4, 0.5) is 0 Å². The largest absolute Gasteiger partial charge is 0.506 e. The Morgan fingerprint density at radius 1 is 1.27 bits per heavy atom. The van der Waals surface area contributed by atoms with Crippen molar-refractivity contribution in [1.82, 2.24) is 0 Å². The van der Waals surface area contributed by atoms with Gasteiger partial charge < -0.3 is 10.2 Å². The molecule has 0 aliphatic carbocycles. The molecule has 0 aliphatic heterocycles. The summed E-state index contributed by atoms with van der Waals surface area (Å²) in [7, 11) is 0. The summed E-state index contributed by atoms with van der Waals surface area (Å²) in [4.78, 5) is 21.6. The van der Waals surface area contributed by atoms with Crippen molar-refractivity contribution in [3.63, 3.8) is 0 Å². The van der Waals surface area contributed by atoms with Gasteiger partial charge in [0.05, 0.1) is 11.4 Å². The quantitative estimate of drug-likeness (QED) is 0.774. The molecule has 0 aromatic heterocycles. The van der Waals surface area contributed by atoms with Crippen molar-refractivity contribution >= 4 is 23.4 Å². The highest BCUT2D eigenvalue weighted by atomic mass is 35.5. The molecule has 5 heteroatoms. The number of rotatable bonds is 4. The average molecular weight is 229 g/mol. The molecule has 0 radical (unpaired) electrons. The second-order valence-electron chi connectivity index (χ2n) is 2.98. The monoisotopic (exact) mass is 228 g/mol. The maximum Gasteiger partial charge on any atom is 0.303 e. The number of aliphatic carboxylic acids is 1. The predicted molar refractivity (Wildman–Crippen MR) is 54.3 cm³/mol. The molecule has 2 N–H and O–H groups in total. The fourth-order valence-electron chi connectivity index (χ4n) is 1.05. The molecular weight excluding hydrogens is 220 g/mol. The van der Waals surface area contributed by atoms with Crippen LogP contribution in [-0.2, 0) is 4.79 Å². The third kappa shape index (κ3) is 3.25. The second-order valence-corrected chi connectivity index (χ2v) is 3.39. The highest BCUT2D eigenvalue weighted by Gasteiger charge is 2.10. The van der Waals surface area contributed by atoms with E-state index in [2.05, 4.69) is 0 Å². The third-order valence-electron chi connectivity index (χ3n) is 1.84. The van der Waals surface area contributed by atoms with Crippen LogP contribution in [0.3, 0.4) is 0 Å². The highest BCUT2D eigenvalue weighted by molar-refractivity contribution is 6.32. The zero-order valence-electron chi connectivity index (χ0n) is 7.74. The highest BCUT2D eigenvalue weighted by Crippen LogP contribution is 2.24. The lowest BCUT2D eigenvalue weighted by molar-refractivity contribution is -0.136. The van der Waals surface area contributed by atoms with E-state index >= 15 is 0 Å². The van der Waals surface area contributed by atoms with Crippen LogP contribution in [-0.4, -0.2) is 22.0 Å². The summed E-state index contributed by atoms with van der Waals surface area (Å²) in [6.45, 7) is 0. The van der Waals surface area contributed by atoms with Gasteiger partial charge in [0.1, 0.15) is 5.75 Å². The third-order valence-corrected chi connectivity index (χ3v) is 2.14. The van der Waals surface area contributed by atoms with Crippen molar-refractivity contribution in [3.8, 4) is 5.75 Å². The fraction of sp³-hybridized carbons (Fsp3) is 0.200. The van der Waals surface area contributed by atoms with E-state index in [1.165, 1.54) is 18.2 Å². The number of ketones is 1. The zero-order chi connectivity index (χ0) is 11.4. The lowest BCUT2D eigenvalue weighted by Gasteiger charge is -2.01. The fourth-order valence-corrected chi connectivity index (χ4v) is 1.23. The lowest BCUT2D eigenvalue weighted by atomic mass is 10.1. The molecule has 0 saturated carbocycles. The molecule has 0 aliphatic rings. The van der Waals surface area contributed by atoms with Crippen molar-refractivity contribution in [2.45, 2.75) is 12.8 Å². The van der Waals surface area contributed by atoms with Gasteiger partial charge >= 0.3 is 5.97 Å². The molecule has 0 spiro atoms. The molecule has 1 rings (SSSR count). The van der Waals surface area contributed by atoms with Crippen molar-refractivity contribution in [1.29, 1.82) is 0 Å². The van der Waals surface area contributed by atoms with E-state index < -0.39 is 5.97 Å². The van der Waals surface area contributed by atoms with Crippen LogP contribution < -0.4 is 0 Å². The Hall–Kier alpha value is -1.55. The molecule has 0 bridgehead atoms. The van der Waals surface area contributed by atoms with Crippen LogP contribution in [0.1, 0.15) is 23.2 Å². The molecule has 1 aromatic carbocycles. The standard InChI is InChI=1S/C10H9ClO4/c11-7-5-6(1-2-9(7)13)8(12)3-4-10(14)15/h1-2,5,13H,3-4H2,(H,14,15). The van der Waals surface area contributed by atoms with Gasteiger partial charge in [0.2, 0.25) is 0 Å². The first-order chi connectivity index (χ1) is 7.00. The summed E-state index contributed by atoms with van der Waals surface area (Å²) in [6, 6.07) is 4.03. The Bertz CT molecular complexity index is 400. The molecule has 0 unspecified atom stereocenters. The van der Waals surface area contributed by atoms with Gasteiger partial charge in [-0.05, 0) is 18.2 Å². The van der Waals surface area contributed by atoms with Crippen LogP contribution in [0.2, 0.25) is 5.02 Å². The maximum absolute atomic E-state index is 11.4. The number of phenolic OH excluding ortho intramolecular Hbond substituents is 1. The van der Waals surface area contributed by atoms with Gasteiger partial charge in [-0.15, -0.1) is 0 Å². The van der Waals surface area contributed by atoms with E-state index in [9.17, 15) is 9.59 Å². The molecule has 15 heavy (non-hydrogen) atoms. The average Bonchev–Trinajstić information content (AvgIpc) is 2.18. The van der Waals surface area contributed by atoms with E-state index in [0.717, 1.165) is 0 Å². The molecule has 0 fully saturated rings. The molecule has 0 heterocycles. The molecule has 80 valence electrons. The van der Waals surface area contributed by atoms with E-state index in [-0.39, 0.29) is 29.4 Å². The van der Waals surface area contributed by atoms with Gasteiger partial charge in [-0.3, -0.25) is 9.59 Å². The van der Waals surface area contributed by atoms with Crippen LogP contribution in [0.5, 0.6) is 5.75 Å². The van der Waals surface area contributed by atoms with E-state index in [1.54, 1.807) is 0 Å². The first-order valence-electron chi connectivity index (χ1n) is 4.24. The number of halogens is 1. The van der Waals surface area contributed by atoms with Gasteiger partial charge in [-0.2, -0.15) is 0 Å². The number of aromatic hydroxyl groups is 1. The van der Waals surface area contributed by atoms with Gasteiger partial charge in [-0.1, -0.05) is 11.6 Å². The molecule has 0 atom stereocenters. The van der Waals surface area contributed by atoms with Crippen LogP contribution >= 0.6 is 11.6 Å². The number of hydrogen-bond donors (Lipinski definition) is 2. The number of Topliss-reactive ketones (excluding diaryl/α,β-unsaturated/α-hetero) is 1. The number of phenols is 1. The Kier molecular flexibility index (Phi) is 3.68. The summed E-state index contributed by atoms with van der Waals surface area (Å²) in [6.07, 6.45) is -0.284. The Balaban J connectivity index is 2.74. The van der Waals surface area contributed by atoms with Crippen molar-refractivity contribution in [2.75, 3.05) is 0 Å². The zero-order valence-corrected chi connectivity index (χ0v) is 8.49. The Labute approximate surface area is 91.1 Å². The molecule has 4 nitrogen and oxygen atoms in total. The summed E-state index contributed by atoms with van der Waals surface area (Å²) < 4.78 is 0. The van der Waals surface area contributed by atoms with Crippen molar-refractivity contribution < 1.29 is 19.8 Å². The minimum absolute atomic E-state index is 0.0730. The van der Waals surface area contributed by atoms with Gasteiger partial charge in [0.15, 0.2) is 5.78 Å². The van der Waals surface area contributed by atoms with Crippen LogP contribution in [0, 0.1) is 0 Å². The smallest absolute Gasteiger partial charge is 0.303 e. The van der Waals surface area contributed by atoms with E-state index in [4.69, 9.17) is 21.8 Å². The number of carboxylic acids is 1. The van der Waals surface area contributed by atoms with Crippen molar-refractivity contribution in [3.05, 3.63) is 28.8 Å². The van der Waals surface area contributed by atoms with Gasteiger partial charge in [0.25, 0.3) is 0 Å². The Morgan fingerprint density at radius 3 is 2.47 bits per heavy atom. The number of hydrogen-bond acceptors (Lipinski definition) is 3. The van der Waals surface area contributed by atoms with Crippen LogP contribution in [0.25, 0.3) is 0 Å². The molecule has 1 aromatic rings. The Morgan fingerprint density at radius 2 is 1.93 bits per heavy atom.